The maximum atomic E-state index is 11.9. The quantitative estimate of drug-likeness (QED) is 0.796. The highest BCUT2D eigenvalue weighted by atomic mass is 16.5. The molecule has 2 rings (SSSR count). The van der Waals surface area contributed by atoms with Gasteiger partial charge in [-0.3, -0.25) is 9.48 Å². The van der Waals surface area contributed by atoms with Gasteiger partial charge >= 0.3 is 5.97 Å². The molecule has 0 bridgehead atoms. The average Bonchev–Trinajstić information content (AvgIpc) is 2.77. The number of hydrogen-bond acceptors (Lipinski definition) is 5. The van der Waals surface area contributed by atoms with Gasteiger partial charge in [-0.15, -0.1) is 0 Å². The van der Waals surface area contributed by atoms with Crippen LogP contribution in [0, 0.1) is 13.8 Å². The molecule has 2 N–H and O–H groups in total. The zero-order chi connectivity index (χ0) is 17.7. The molecule has 128 valence electrons. The number of aliphatic carboxylic acids is 1. The van der Waals surface area contributed by atoms with Gasteiger partial charge < -0.3 is 19.9 Å². The smallest absolute Gasteiger partial charge is 0.341 e. The molecule has 0 unspecified atom stereocenters. The van der Waals surface area contributed by atoms with Gasteiger partial charge in [0.1, 0.15) is 11.4 Å². The summed E-state index contributed by atoms with van der Waals surface area (Å²) in [6.45, 7) is 3.13. The van der Waals surface area contributed by atoms with Crippen LogP contribution in [0.2, 0.25) is 0 Å². The average molecular weight is 333 g/mol. The summed E-state index contributed by atoms with van der Waals surface area (Å²) in [6.07, 6.45) is 0. The molecular formula is C16H19N3O5. The number of carboxylic acid groups (broad SMARTS) is 1. The van der Waals surface area contributed by atoms with Crippen LogP contribution in [0.1, 0.15) is 11.4 Å². The second-order valence-corrected chi connectivity index (χ2v) is 5.17. The van der Waals surface area contributed by atoms with Crippen molar-refractivity contribution < 1.29 is 24.2 Å². The van der Waals surface area contributed by atoms with E-state index in [0.717, 1.165) is 11.4 Å². The Morgan fingerprint density at radius 1 is 1.17 bits per heavy atom. The largest absolute Gasteiger partial charge is 0.482 e. The molecular weight excluding hydrogens is 314 g/mol. The normalized spacial score (nSPS) is 10.3. The maximum Gasteiger partial charge on any atom is 0.341 e. The Balaban J connectivity index is 1.87. The fourth-order valence-electron chi connectivity index (χ4n) is 2.08. The Hall–Kier alpha value is -3.03. The number of nitrogens with zero attached hydrogens (tertiary/aromatic N) is 2. The lowest BCUT2D eigenvalue weighted by atomic mass is 10.3. The molecule has 8 heteroatoms. The number of benzene rings is 1. The number of anilines is 1. The van der Waals surface area contributed by atoms with Crippen LogP contribution in [0.3, 0.4) is 0 Å². The first-order valence-electron chi connectivity index (χ1n) is 7.24. The van der Waals surface area contributed by atoms with Crippen molar-refractivity contribution in [1.82, 2.24) is 9.78 Å². The van der Waals surface area contributed by atoms with E-state index < -0.39 is 12.6 Å². The molecule has 1 aromatic carbocycles. The minimum atomic E-state index is -1.05. The standard InChI is InChI=1S/C16H19N3O5/c1-10-16(11(2)19(3)18-10)24-8-14(20)17-12-4-6-13(7-5-12)23-9-15(21)22/h4-7H,8-9H2,1-3H3,(H,17,20)(H,21,22). The van der Waals surface area contributed by atoms with Gasteiger partial charge in [0.15, 0.2) is 19.0 Å². The summed E-state index contributed by atoms with van der Waals surface area (Å²) >= 11 is 0. The van der Waals surface area contributed by atoms with Gasteiger partial charge in [0.2, 0.25) is 0 Å². The van der Waals surface area contributed by atoms with E-state index in [0.29, 0.717) is 17.2 Å². The van der Waals surface area contributed by atoms with Gasteiger partial charge in [-0.25, -0.2) is 4.79 Å². The van der Waals surface area contributed by atoms with Crippen LogP contribution in [0.4, 0.5) is 5.69 Å². The lowest BCUT2D eigenvalue weighted by Gasteiger charge is -2.09. The van der Waals surface area contributed by atoms with Gasteiger partial charge in [0.05, 0.1) is 5.69 Å². The van der Waals surface area contributed by atoms with Gasteiger partial charge in [-0.1, -0.05) is 0 Å². The van der Waals surface area contributed by atoms with Crippen molar-refractivity contribution in [3.8, 4) is 11.5 Å². The molecule has 1 aromatic heterocycles. The third-order valence-electron chi connectivity index (χ3n) is 3.29. The Labute approximate surface area is 139 Å². The summed E-state index contributed by atoms with van der Waals surface area (Å²) in [5, 5.41) is 15.4. The molecule has 0 radical (unpaired) electrons. The van der Waals surface area contributed by atoms with E-state index in [9.17, 15) is 9.59 Å². The van der Waals surface area contributed by atoms with Gasteiger partial charge in [-0.05, 0) is 38.1 Å². The number of amides is 1. The molecule has 0 aliphatic rings. The Kier molecular flexibility index (Phi) is 5.41. The van der Waals surface area contributed by atoms with E-state index >= 15 is 0 Å². The van der Waals surface area contributed by atoms with Crippen LogP contribution in [0.25, 0.3) is 0 Å². The van der Waals surface area contributed by atoms with Crippen LogP contribution in [-0.2, 0) is 16.6 Å². The zero-order valence-electron chi connectivity index (χ0n) is 13.7. The predicted molar refractivity (Wildman–Crippen MR) is 86.4 cm³/mol. The number of carboxylic acids is 1. The minimum absolute atomic E-state index is 0.134. The molecule has 1 amide bonds. The first-order chi connectivity index (χ1) is 11.4. The lowest BCUT2D eigenvalue weighted by molar-refractivity contribution is -0.139. The first-order valence-corrected chi connectivity index (χ1v) is 7.24. The minimum Gasteiger partial charge on any atom is -0.482 e. The molecule has 0 saturated carbocycles. The maximum absolute atomic E-state index is 11.9. The fourth-order valence-corrected chi connectivity index (χ4v) is 2.08. The van der Waals surface area contributed by atoms with E-state index in [1.807, 2.05) is 20.9 Å². The van der Waals surface area contributed by atoms with Gasteiger partial charge in [-0.2, -0.15) is 5.10 Å². The van der Waals surface area contributed by atoms with Crippen LogP contribution in [0.15, 0.2) is 24.3 Å². The van der Waals surface area contributed by atoms with Gasteiger partial charge in [0.25, 0.3) is 5.91 Å². The Morgan fingerprint density at radius 2 is 1.83 bits per heavy atom. The number of rotatable bonds is 7. The number of ether oxygens (including phenoxy) is 2. The van der Waals surface area contributed by atoms with Gasteiger partial charge in [0, 0.05) is 12.7 Å². The van der Waals surface area contributed by atoms with Crippen molar-refractivity contribution in [3.05, 3.63) is 35.7 Å². The second kappa shape index (κ2) is 7.49. The zero-order valence-corrected chi connectivity index (χ0v) is 13.7. The summed E-state index contributed by atoms with van der Waals surface area (Å²) < 4.78 is 12.2. The highest BCUT2D eigenvalue weighted by molar-refractivity contribution is 5.91. The first kappa shape index (κ1) is 17.3. The number of nitrogens with one attached hydrogen (secondary N) is 1. The topological polar surface area (TPSA) is 103 Å². The molecule has 0 saturated heterocycles. The van der Waals surface area contributed by atoms with Crippen molar-refractivity contribution in [2.24, 2.45) is 7.05 Å². The number of carbonyl (C=O) groups is 2. The third kappa shape index (κ3) is 4.48. The van der Waals surface area contributed by atoms with Crippen LogP contribution in [-0.4, -0.2) is 40.0 Å². The Bertz CT molecular complexity index is 737. The monoisotopic (exact) mass is 333 g/mol. The van der Waals surface area contributed by atoms with E-state index in [1.54, 1.807) is 28.9 Å². The highest BCUT2D eigenvalue weighted by Crippen LogP contribution is 2.21. The second-order valence-electron chi connectivity index (χ2n) is 5.17. The van der Waals surface area contributed by atoms with Crippen LogP contribution >= 0.6 is 0 Å². The molecule has 0 spiro atoms. The SMILES string of the molecule is Cc1nn(C)c(C)c1OCC(=O)Nc1ccc(OCC(=O)O)cc1. The van der Waals surface area contributed by atoms with Crippen LogP contribution in [0.5, 0.6) is 11.5 Å². The van der Waals surface area contributed by atoms with E-state index in [1.165, 1.54) is 0 Å². The summed E-state index contributed by atoms with van der Waals surface area (Å²) in [5.41, 5.74) is 2.13. The van der Waals surface area contributed by atoms with Crippen molar-refractivity contribution in [2.75, 3.05) is 18.5 Å². The molecule has 0 fully saturated rings. The Morgan fingerprint density at radius 3 is 2.38 bits per heavy atom. The number of aryl methyl sites for hydroxylation is 2. The lowest BCUT2D eigenvalue weighted by Crippen LogP contribution is -2.20. The summed E-state index contributed by atoms with van der Waals surface area (Å²) in [5.74, 6) is -0.347. The molecule has 0 aliphatic carbocycles. The van der Waals surface area contributed by atoms with E-state index in [-0.39, 0.29) is 12.5 Å². The third-order valence-corrected chi connectivity index (χ3v) is 3.29. The van der Waals surface area contributed by atoms with Crippen molar-refractivity contribution in [2.45, 2.75) is 13.8 Å². The number of aromatic nitrogens is 2. The summed E-state index contributed by atoms with van der Waals surface area (Å²) in [6, 6.07) is 6.40. The number of carbonyl (C=O) groups excluding carboxylic acids is 1. The van der Waals surface area contributed by atoms with Crippen molar-refractivity contribution >= 4 is 17.6 Å². The fraction of sp³-hybridized carbons (Fsp3) is 0.312. The molecule has 1 heterocycles. The molecule has 0 aliphatic heterocycles. The highest BCUT2D eigenvalue weighted by Gasteiger charge is 2.12. The predicted octanol–water partition coefficient (Wildman–Crippen LogP) is 1.52. The van der Waals surface area contributed by atoms with Crippen molar-refractivity contribution in [1.29, 1.82) is 0 Å². The summed E-state index contributed by atoms with van der Waals surface area (Å²) in [4.78, 5) is 22.4. The molecule has 2 aromatic rings. The van der Waals surface area contributed by atoms with E-state index in [4.69, 9.17) is 14.6 Å². The summed E-state index contributed by atoms with van der Waals surface area (Å²) in [7, 11) is 1.81. The number of hydrogen-bond donors (Lipinski definition) is 2. The molecule has 8 nitrogen and oxygen atoms in total. The van der Waals surface area contributed by atoms with Crippen LogP contribution < -0.4 is 14.8 Å². The molecule has 24 heavy (non-hydrogen) atoms. The van der Waals surface area contributed by atoms with Crippen molar-refractivity contribution in [3.63, 3.8) is 0 Å². The molecule has 0 atom stereocenters. The van der Waals surface area contributed by atoms with E-state index in [2.05, 4.69) is 10.4 Å².